The van der Waals surface area contributed by atoms with Crippen LogP contribution in [-0.2, 0) is 0 Å². The molecular weight excluding hydrogens is 260 g/mol. The lowest BCUT2D eigenvalue weighted by Gasteiger charge is -2.03. The van der Waals surface area contributed by atoms with Crippen LogP contribution in [0, 0.1) is 0 Å². The van der Waals surface area contributed by atoms with Gasteiger partial charge in [0, 0.05) is 13.0 Å². The zero-order valence-electron chi connectivity index (χ0n) is 10.8. The van der Waals surface area contributed by atoms with Crippen molar-refractivity contribution in [1.82, 2.24) is 24.6 Å². The number of nitrogens with one attached hydrogen (secondary N) is 1. The summed E-state index contributed by atoms with van der Waals surface area (Å²) in [6, 6.07) is 3.54. The van der Waals surface area contributed by atoms with Gasteiger partial charge < -0.3 is 21.2 Å². The van der Waals surface area contributed by atoms with Gasteiger partial charge in [0.25, 0.3) is 5.78 Å². The van der Waals surface area contributed by atoms with Gasteiger partial charge >= 0.3 is 0 Å². The van der Waals surface area contributed by atoms with Crippen molar-refractivity contribution in [2.24, 2.45) is 0 Å². The molecule has 3 rings (SSSR count). The number of rotatable bonds is 5. The molecule has 0 saturated heterocycles. The number of hydrogen-bond acceptors (Lipinski definition) is 7. The summed E-state index contributed by atoms with van der Waals surface area (Å²) in [6.45, 7) is 1.58. The third kappa shape index (κ3) is 2.26. The molecular formula is C11H15N8O+. The maximum atomic E-state index is 5.85. The fourth-order valence-electron chi connectivity index (χ4n) is 1.72. The van der Waals surface area contributed by atoms with Crippen molar-refractivity contribution in [3.63, 3.8) is 0 Å². The number of fused-ring (bicyclic) bond motifs is 1. The van der Waals surface area contributed by atoms with Gasteiger partial charge in [-0.3, -0.25) is 0 Å². The van der Waals surface area contributed by atoms with E-state index in [1.165, 1.54) is 4.52 Å². The Morgan fingerprint density at radius 2 is 2.25 bits per heavy atom. The molecule has 0 unspecified atom stereocenters. The highest BCUT2D eigenvalue weighted by atomic mass is 16.3. The molecule has 3 aromatic rings. The van der Waals surface area contributed by atoms with Gasteiger partial charge in [-0.15, -0.1) is 5.10 Å². The molecule has 0 bridgehead atoms. The zero-order chi connectivity index (χ0) is 13.9. The largest absolute Gasteiger partial charge is 0.461 e. The molecule has 6 N–H and O–H groups in total. The van der Waals surface area contributed by atoms with Gasteiger partial charge in [-0.05, 0) is 12.1 Å². The van der Waals surface area contributed by atoms with Gasteiger partial charge in [0.1, 0.15) is 0 Å². The Bertz CT molecular complexity index is 705. The second-order valence-electron chi connectivity index (χ2n) is 4.16. The minimum atomic E-state index is 0.220. The van der Waals surface area contributed by atoms with Gasteiger partial charge in [-0.25, -0.2) is 0 Å². The smallest absolute Gasteiger partial charge is 0.259 e. The van der Waals surface area contributed by atoms with E-state index in [4.69, 9.17) is 10.2 Å². The van der Waals surface area contributed by atoms with E-state index in [2.05, 4.69) is 31.1 Å². The van der Waals surface area contributed by atoms with Crippen LogP contribution in [0.5, 0.6) is 0 Å². The highest BCUT2D eigenvalue weighted by molar-refractivity contribution is 5.52. The number of aromatic nitrogens is 5. The molecule has 0 aliphatic carbocycles. The molecule has 0 fully saturated rings. The summed E-state index contributed by atoms with van der Waals surface area (Å²) in [5.41, 5.74) is 9.63. The first-order valence-corrected chi connectivity index (χ1v) is 6.25. The second-order valence-corrected chi connectivity index (χ2v) is 4.16. The molecule has 0 aromatic carbocycles. The Labute approximate surface area is 114 Å². The van der Waals surface area contributed by atoms with Crippen LogP contribution in [0.15, 0.2) is 22.8 Å². The lowest BCUT2D eigenvalue weighted by molar-refractivity contribution is -0.367. The standard InChI is InChI=1S/C11H14N8O/c12-4-2-5-14-10-16-9(13)19-11(17-10)15-8(18-19)7-3-1-6-20-7/h1,3,6H,2,4-5,12H2,(H3,13,14,15,16,17,18)/p+1. The summed E-state index contributed by atoms with van der Waals surface area (Å²) in [5, 5.41) is 7.29. The summed E-state index contributed by atoms with van der Waals surface area (Å²) >= 11 is 0. The molecule has 0 aliphatic heterocycles. The van der Waals surface area contributed by atoms with Crippen LogP contribution in [0.3, 0.4) is 0 Å². The average Bonchev–Trinajstić information content (AvgIpc) is 3.07. The van der Waals surface area contributed by atoms with Crippen molar-refractivity contribution >= 4 is 17.7 Å². The molecule has 0 saturated carbocycles. The van der Waals surface area contributed by atoms with Crippen molar-refractivity contribution in [2.45, 2.75) is 6.42 Å². The Morgan fingerprint density at radius 3 is 3.00 bits per heavy atom. The van der Waals surface area contributed by atoms with Crippen LogP contribution < -0.4 is 16.8 Å². The first-order chi connectivity index (χ1) is 9.78. The fourth-order valence-corrected chi connectivity index (χ4v) is 1.72. The van der Waals surface area contributed by atoms with Crippen molar-refractivity contribution < 1.29 is 10.2 Å². The molecule has 3 heterocycles. The zero-order valence-corrected chi connectivity index (χ0v) is 10.8. The van der Waals surface area contributed by atoms with Crippen LogP contribution in [0.4, 0.5) is 11.9 Å². The fraction of sp³-hybridized carbons (Fsp3) is 0.273. The molecule has 0 atom stereocenters. The normalized spacial score (nSPS) is 11.1. The first kappa shape index (κ1) is 12.4. The van der Waals surface area contributed by atoms with Crippen molar-refractivity contribution in [3.8, 4) is 11.6 Å². The maximum absolute atomic E-state index is 5.85. The molecule has 3 aromatic heterocycles. The van der Waals surface area contributed by atoms with Gasteiger partial charge in [-0.1, -0.05) is 0 Å². The predicted molar refractivity (Wildman–Crippen MR) is 71.6 cm³/mol. The molecule has 20 heavy (non-hydrogen) atoms. The summed E-state index contributed by atoms with van der Waals surface area (Å²) in [4.78, 5) is 12.7. The number of quaternary nitrogens is 1. The van der Waals surface area contributed by atoms with Gasteiger partial charge in [0.05, 0.1) is 12.8 Å². The summed E-state index contributed by atoms with van der Waals surface area (Å²) < 4.78 is 6.63. The van der Waals surface area contributed by atoms with Gasteiger partial charge in [0.15, 0.2) is 5.76 Å². The number of furan rings is 1. The highest BCUT2D eigenvalue weighted by Crippen LogP contribution is 2.17. The maximum Gasteiger partial charge on any atom is 0.259 e. The minimum absolute atomic E-state index is 0.220. The molecule has 0 radical (unpaired) electrons. The van der Waals surface area contributed by atoms with E-state index >= 15 is 0 Å². The van der Waals surface area contributed by atoms with E-state index in [0.717, 1.165) is 19.5 Å². The summed E-state index contributed by atoms with van der Waals surface area (Å²) in [6.07, 6.45) is 2.49. The van der Waals surface area contributed by atoms with Crippen molar-refractivity contribution in [2.75, 3.05) is 24.1 Å². The molecule has 9 nitrogen and oxygen atoms in total. The lowest BCUT2D eigenvalue weighted by Crippen LogP contribution is -2.50. The van der Waals surface area contributed by atoms with Crippen LogP contribution in [-0.4, -0.2) is 37.7 Å². The number of hydrogen-bond donors (Lipinski definition) is 3. The number of nitrogens with two attached hydrogens (primary N) is 1. The van der Waals surface area contributed by atoms with E-state index in [0.29, 0.717) is 23.3 Å². The average molecular weight is 275 g/mol. The van der Waals surface area contributed by atoms with Crippen molar-refractivity contribution in [3.05, 3.63) is 18.4 Å². The molecule has 104 valence electrons. The van der Waals surface area contributed by atoms with E-state index in [1.807, 2.05) is 0 Å². The summed E-state index contributed by atoms with van der Waals surface area (Å²) in [7, 11) is 0. The predicted octanol–water partition coefficient (Wildman–Crippen LogP) is -0.595. The second kappa shape index (κ2) is 5.13. The van der Waals surface area contributed by atoms with Crippen LogP contribution in [0.25, 0.3) is 17.4 Å². The Hall–Kier alpha value is -2.68. The monoisotopic (exact) mass is 275 g/mol. The van der Waals surface area contributed by atoms with Crippen LogP contribution >= 0.6 is 0 Å². The van der Waals surface area contributed by atoms with E-state index in [1.54, 1.807) is 18.4 Å². The SMILES string of the molecule is Nc1nc(NCCC[NH3+])nc2nc(-c3ccco3)nn12. The van der Waals surface area contributed by atoms with E-state index in [9.17, 15) is 0 Å². The topological polar surface area (TPSA) is 135 Å². The Kier molecular flexibility index (Phi) is 3.17. The Balaban J connectivity index is 1.95. The Morgan fingerprint density at radius 1 is 1.35 bits per heavy atom. The first-order valence-electron chi connectivity index (χ1n) is 6.25. The number of anilines is 2. The van der Waals surface area contributed by atoms with Crippen LogP contribution in [0.1, 0.15) is 6.42 Å². The third-order valence-corrected chi connectivity index (χ3v) is 2.68. The minimum Gasteiger partial charge on any atom is -0.461 e. The highest BCUT2D eigenvalue weighted by Gasteiger charge is 2.13. The molecule has 0 amide bonds. The summed E-state index contributed by atoms with van der Waals surface area (Å²) in [5.74, 6) is 2.01. The lowest BCUT2D eigenvalue weighted by atomic mass is 10.4. The van der Waals surface area contributed by atoms with Crippen LogP contribution in [0.2, 0.25) is 0 Å². The molecule has 0 aliphatic rings. The number of nitrogen functional groups attached to an aromatic ring is 1. The van der Waals surface area contributed by atoms with E-state index in [-0.39, 0.29) is 5.95 Å². The third-order valence-electron chi connectivity index (χ3n) is 2.68. The molecule has 0 spiro atoms. The number of nitrogens with zero attached hydrogens (tertiary/aromatic N) is 5. The van der Waals surface area contributed by atoms with Gasteiger partial charge in [-0.2, -0.15) is 19.5 Å². The quantitative estimate of drug-likeness (QED) is 0.529. The van der Waals surface area contributed by atoms with E-state index < -0.39 is 0 Å². The molecule has 9 heteroatoms. The van der Waals surface area contributed by atoms with Gasteiger partial charge in [0.2, 0.25) is 17.7 Å². The van der Waals surface area contributed by atoms with Crippen molar-refractivity contribution in [1.29, 1.82) is 0 Å².